The van der Waals surface area contributed by atoms with E-state index in [0.29, 0.717) is 0 Å². The summed E-state index contributed by atoms with van der Waals surface area (Å²) in [6, 6.07) is 84.1. The van der Waals surface area contributed by atoms with Crippen molar-refractivity contribution < 1.29 is 103 Å². The second-order valence-electron chi connectivity index (χ2n) is 14.5. The topological polar surface area (TPSA) is 184 Å². The van der Waals surface area contributed by atoms with E-state index in [1.807, 2.05) is 72.8 Å². The quantitative estimate of drug-likeness (QED) is 0.126. The third-order valence-corrected chi connectivity index (χ3v) is 19.0. The Hall–Kier alpha value is -2.78. The molecule has 378 valence electrons. The van der Waals surface area contributed by atoms with E-state index in [0.717, 1.165) is 0 Å². The molecule has 0 aliphatic carbocycles. The van der Waals surface area contributed by atoms with Gasteiger partial charge in [0.15, 0.2) is 0 Å². The Labute approximate surface area is 454 Å². The van der Waals surface area contributed by atoms with Gasteiger partial charge in [0.25, 0.3) is 0 Å². The monoisotopic (exact) mass is 1420 g/mol. The molecule has 8 aromatic carbocycles. The van der Waals surface area contributed by atoms with Crippen molar-refractivity contribution >= 4 is 72.8 Å². The number of halogens is 2. The van der Waals surface area contributed by atoms with Gasteiger partial charge in [0.1, 0.15) is 0 Å². The Morgan fingerprint density at radius 1 is 0.271 bits per heavy atom. The van der Waals surface area contributed by atoms with Crippen molar-refractivity contribution in [1.82, 2.24) is 0 Å². The summed E-state index contributed by atoms with van der Waals surface area (Å²) >= 11 is 0. The number of hydrogen-bond acceptors (Lipinski definition) is 8. The van der Waals surface area contributed by atoms with Gasteiger partial charge in [-0.15, -0.1) is 20.5 Å². The summed E-state index contributed by atoms with van der Waals surface area (Å²) in [5, 5.41) is 10.7. The molecule has 8 rings (SSSR count). The van der Waals surface area contributed by atoms with Crippen LogP contribution in [0.15, 0.2) is 243 Å². The van der Waals surface area contributed by atoms with Crippen LogP contribution in [0.5, 0.6) is 0 Å². The summed E-state index contributed by atoms with van der Waals surface area (Å²) in [6.07, 6.45) is 0. The maximum atomic E-state index is 8.49. The van der Waals surface area contributed by atoms with Gasteiger partial charge in [-0.2, -0.15) is 41.2 Å². The molecule has 8 nitrogen and oxygen atoms in total. The van der Waals surface area contributed by atoms with Gasteiger partial charge in [-0.1, -0.05) is 194 Å². The summed E-state index contributed by atoms with van der Waals surface area (Å²) in [6.45, 7) is 21.9. The molecule has 8 aromatic rings. The molecule has 16 heteroatoms. The van der Waals surface area contributed by atoms with Crippen LogP contribution in [0.1, 0.15) is 0 Å². The van der Waals surface area contributed by atoms with E-state index >= 15 is 0 Å². The minimum absolute atomic E-state index is 0. The van der Waals surface area contributed by atoms with Gasteiger partial charge in [-0.25, -0.2) is 37.3 Å². The Kier molecular flexibility index (Phi) is 31.5. The van der Waals surface area contributed by atoms with Crippen LogP contribution in [-0.2, 0) is 44.8 Å². The molecule has 0 heterocycles. The van der Waals surface area contributed by atoms with Gasteiger partial charge in [0.05, 0.1) is 0 Å². The third kappa shape index (κ3) is 26.3. The summed E-state index contributed by atoms with van der Waals surface area (Å²) in [7, 11) is -13.5. The fourth-order valence-electron chi connectivity index (χ4n) is 6.06. The molecule has 0 spiro atoms. The Morgan fingerprint density at radius 2 is 0.386 bits per heavy atom. The van der Waals surface area contributed by atoms with E-state index in [1.165, 1.54) is 42.4 Å². The molecule has 0 aliphatic rings. The Balaban J connectivity index is 0.000000434. The van der Waals surface area contributed by atoms with Gasteiger partial charge in [0, 0.05) is 66.0 Å². The van der Waals surface area contributed by atoms with E-state index in [9.17, 15) is 0 Å². The van der Waals surface area contributed by atoms with E-state index in [1.54, 1.807) is 0 Å². The summed E-state index contributed by atoms with van der Waals surface area (Å²) in [5.74, 6) is 0. The molecule has 0 aliphatic heterocycles. The first-order chi connectivity index (χ1) is 32.2. The van der Waals surface area contributed by atoms with E-state index < -0.39 is 35.0 Å². The van der Waals surface area contributed by atoms with Crippen molar-refractivity contribution in [2.75, 3.05) is 13.3 Å². The van der Waals surface area contributed by atoms with Crippen LogP contribution in [0.3, 0.4) is 0 Å². The van der Waals surface area contributed by atoms with Crippen LogP contribution in [0.2, 0.25) is 0 Å². The molecule has 0 atom stereocenters. The standard InChI is InChI=1S/2C14H14P.2C13H13P.2Au.2ClHO4/c2*1-15(2,13-9-5-3-6-10-13)14-11-7-4-8-12-14;2*1-14(12-8-4-2-5-9-12)13-10-6-3-7-11-13;;;2*2-1(3,4)5/h2*3-12H,1-2H2;2*2-11H,1H3;;;2*(H,2,3,4,5)/q2*-1;;;;;;/p-2. The van der Waals surface area contributed by atoms with Crippen molar-refractivity contribution in [1.29, 1.82) is 0 Å². The predicted octanol–water partition coefficient (Wildman–Crippen LogP) is 2.46. The number of benzene rings is 8. The second-order valence-corrected chi connectivity index (χ2v) is 26.2. The molecule has 0 saturated heterocycles. The maximum absolute atomic E-state index is 8.49. The van der Waals surface area contributed by atoms with Crippen LogP contribution < -0.4 is 79.7 Å². The molecule has 0 fully saturated rings. The number of hydrogen-bond donors (Lipinski definition) is 0. The van der Waals surface area contributed by atoms with Crippen molar-refractivity contribution in [3.8, 4) is 0 Å². The minimum Gasteiger partial charge on any atom is -0.222 e. The average molecular weight is 1420 g/mol. The zero-order valence-electron chi connectivity index (χ0n) is 38.3. The second kappa shape index (κ2) is 33.9. The summed E-state index contributed by atoms with van der Waals surface area (Å²) in [5.41, 5.74) is 0. The first-order valence-corrected chi connectivity index (χ1v) is 30.8. The molecule has 0 bridgehead atoms. The van der Waals surface area contributed by atoms with Gasteiger partial charge >= 0.3 is 0 Å². The van der Waals surface area contributed by atoms with E-state index in [2.05, 4.69) is 210 Å². The average Bonchev–Trinajstić information content (AvgIpc) is 3.35. The molecule has 70 heavy (non-hydrogen) atoms. The zero-order chi connectivity index (χ0) is 50.1. The largest absolute Gasteiger partial charge is 0.222 e. The van der Waals surface area contributed by atoms with Crippen LogP contribution in [0.4, 0.5) is 0 Å². The van der Waals surface area contributed by atoms with E-state index in [-0.39, 0.29) is 60.6 Å². The van der Waals surface area contributed by atoms with Crippen molar-refractivity contribution in [3.63, 3.8) is 0 Å². The SMILES string of the molecule is CP(c1ccccc1)c1ccccc1.CP(c1ccccc1)c1ccccc1.[Au].[Au].[CH2-][P+]([CH2-])(c1ccccc1)c1ccccc1.[CH2-][P+]([CH2-])(c1ccccc1)c1ccccc1.[O-][Cl+3]([O-])([O-])[O-].[O-][Cl+3]([O-])([O-])[O-]. The van der Waals surface area contributed by atoms with Crippen LogP contribution in [0.25, 0.3) is 0 Å². The van der Waals surface area contributed by atoms with Crippen LogP contribution in [0, 0.1) is 47.1 Å². The normalized spacial score (nSPS) is 10.7. The zero-order valence-corrected chi connectivity index (χ0v) is 47.8. The van der Waals surface area contributed by atoms with Gasteiger partial charge in [-0.3, -0.25) is 0 Å². The molecule has 0 unspecified atom stereocenters. The summed E-state index contributed by atoms with van der Waals surface area (Å²) < 4.78 is 67.9. The van der Waals surface area contributed by atoms with Gasteiger partial charge < -0.3 is 0 Å². The summed E-state index contributed by atoms with van der Waals surface area (Å²) in [4.78, 5) is 0. The van der Waals surface area contributed by atoms with Gasteiger partial charge in [0.2, 0.25) is 0 Å². The fourth-order valence-corrected chi connectivity index (χ4v) is 12.7. The first-order valence-electron chi connectivity index (χ1n) is 20.5. The third-order valence-electron chi connectivity index (χ3n) is 9.58. The molecule has 0 saturated carbocycles. The van der Waals surface area contributed by atoms with Crippen molar-refractivity contribution in [2.45, 2.75) is 0 Å². The molecule has 0 amide bonds. The van der Waals surface area contributed by atoms with Crippen molar-refractivity contribution in [2.24, 2.45) is 0 Å². The Morgan fingerprint density at radius 3 is 0.514 bits per heavy atom. The van der Waals surface area contributed by atoms with Gasteiger partial charge in [-0.05, 0) is 98.9 Å². The molecule has 2 radical (unpaired) electrons. The molecule has 0 aromatic heterocycles. The maximum Gasteiger partial charge on any atom is 0.0408 e. The van der Waals surface area contributed by atoms with Crippen LogP contribution in [-0.4, -0.2) is 13.3 Å². The fraction of sp³-hybridized carbons (Fsp3) is 0.0370. The molecular formula is C54H54Au2Cl2O8P4-4. The first kappa shape index (κ1) is 65.2. The van der Waals surface area contributed by atoms with Crippen LogP contribution >= 0.6 is 30.4 Å². The number of rotatable bonds is 8. The predicted molar refractivity (Wildman–Crippen MR) is 270 cm³/mol. The molecular weight excluding hydrogens is 1370 g/mol. The molecule has 0 N–H and O–H groups in total. The minimum atomic E-state index is -4.94. The van der Waals surface area contributed by atoms with E-state index in [4.69, 9.17) is 37.3 Å². The van der Waals surface area contributed by atoms with Crippen molar-refractivity contribution in [3.05, 3.63) is 269 Å². The smallest absolute Gasteiger partial charge is 0.0408 e. The Bertz CT molecular complexity index is 2170.